The number of hydrogen-bond donors (Lipinski definition) is 0. The number of nitrogens with zero attached hydrogens (tertiary/aromatic N) is 1. The van der Waals surface area contributed by atoms with Crippen molar-refractivity contribution in [2.24, 2.45) is 0 Å². The van der Waals surface area contributed by atoms with Crippen molar-refractivity contribution in [3.05, 3.63) is 22.5 Å². The highest BCUT2D eigenvalue weighted by atomic mass is 35.7. The largest absolute Gasteiger partial charge is 0.455 e. The van der Waals surface area contributed by atoms with Crippen LogP contribution in [0.2, 0.25) is 44.3 Å². The van der Waals surface area contributed by atoms with Gasteiger partial charge in [-0.3, -0.25) is 0 Å². The third-order valence-corrected chi connectivity index (χ3v) is 17.0. The van der Waals surface area contributed by atoms with E-state index in [0.717, 1.165) is 37.9 Å². The quantitative estimate of drug-likeness (QED) is 0.186. The van der Waals surface area contributed by atoms with Crippen molar-refractivity contribution in [3.8, 4) is 0 Å². The first kappa shape index (κ1) is 29.1. The van der Waals surface area contributed by atoms with E-state index in [-0.39, 0.29) is 0 Å². The van der Waals surface area contributed by atoms with E-state index in [4.69, 9.17) is 26.3 Å². The van der Waals surface area contributed by atoms with Gasteiger partial charge >= 0.3 is 0 Å². The van der Waals surface area contributed by atoms with Crippen LogP contribution in [-0.4, -0.2) is 53.7 Å². The van der Waals surface area contributed by atoms with Crippen LogP contribution in [0, 0.1) is 0 Å². The van der Waals surface area contributed by atoms with Gasteiger partial charge < -0.3 is 8.35 Å². The summed E-state index contributed by atoms with van der Waals surface area (Å²) >= 11 is 12.0. The topological polar surface area (TPSA) is 12.5 Å². The molecule has 5 radical (unpaired) electrons. The van der Waals surface area contributed by atoms with E-state index >= 15 is 0 Å². The lowest BCUT2D eigenvalue weighted by molar-refractivity contribution is 0.457. The van der Waals surface area contributed by atoms with Gasteiger partial charge in [-0.05, 0) is 84.5 Å². The van der Waals surface area contributed by atoms with Crippen molar-refractivity contribution in [1.82, 2.24) is 4.23 Å². The Kier molecular flexibility index (Phi) is 14.7. The van der Waals surface area contributed by atoms with E-state index in [1.54, 1.807) is 0 Å². The molecule has 0 N–H and O–H groups in total. The summed E-state index contributed by atoms with van der Waals surface area (Å²) < 4.78 is 9.58. The molecule has 161 valence electrons. The molecule has 0 aliphatic heterocycles. The summed E-state index contributed by atoms with van der Waals surface area (Å²) in [4.78, 5) is 0. The summed E-state index contributed by atoms with van der Waals surface area (Å²) in [7, 11) is -3.06. The SMILES string of the molecule is CCC(C[Si](C)(C)O[Si](C)(C)CCC[Si](Cl)Cl)N([Si]C=C(C)C)[Si]C=C(C)C. The molecule has 0 aromatic rings. The summed E-state index contributed by atoms with van der Waals surface area (Å²) in [6, 6.07) is 3.92. The molecule has 0 aromatic heterocycles. The lowest BCUT2D eigenvalue weighted by atomic mass is 10.3. The Morgan fingerprint density at radius 3 is 1.89 bits per heavy atom. The van der Waals surface area contributed by atoms with Crippen LogP contribution < -0.4 is 0 Å². The van der Waals surface area contributed by atoms with Crippen molar-refractivity contribution >= 4 is 65.6 Å². The second kappa shape index (κ2) is 14.2. The molecule has 0 saturated heterocycles. The predicted octanol–water partition coefficient (Wildman–Crippen LogP) is 6.94. The molecule has 2 nitrogen and oxygen atoms in total. The Morgan fingerprint density at radius 2 is 1.50 bits per heavy atom. The summed E-state index contributed by atoms with van der Waals surface area (Å²) in [6.07, 6.45) is 2.29. The molecule has 0 spiro atoms. The molecule has 9 heteroatoms. The highest BCUT2D eigenvalue weighted by molar-refractivity contribution is 7.33. The fourth-order valence-corrected chi connectivity index (χ4v) is 16.9. The minimum Gasteiger partial charge on any atom is -0.455 e. The fraction of sp³-hybridized carbons (Fsp3) is 0.789. The van der Waals surface area contributed by atoms with Gasteiger partial charge in [0.1, 0.15) is 0 Å². The molecular weight excluding hydrogens is 470 g/mol. The van der Waals surface area contributed by atoms with E-state index in [9.17, 15) is 0 Å². The van der Waals surface area contributed by atoms with Crippen LogP contribution >= 0.6 is 22.2 Å². The maximum absolute atomic E-state index is 6.89. The first-order chi connectivity index (χ1) is 12.8. The van der Waals surface area contributed by atoms with E-state index in [1.807, 2.05) is 0 Å². The molecule has 0 heterocycles. The average Bonchev–Trinajstić information content (AvgIpc) is 2.50. The Labute approximate surface area is 193 Å². The summed E-state index contributed by atoms with van der Waals surface area (Å²) in [6.45, 7) is 20.7. The Hall–Kier alpha value is 1.06. The van der Waals surface area contributed by atoms with Gasteiger partial charge in [-0.2, -0.15) is 0 Å². The predicted molar refractivity (Wildman–Crippen MR) is 139 cm³/mol. The van der Waals surface area contributed by atoms with Crippen LogP contribution in [0.15, 0.2) is 22.5 Å². The first-order valence-electron chi connectivity index (χ1n) is 10.2. The number of hydrogen-bond acceptors (Lipinski definition) is 2. The molecule has 0 saturated carbocycles. The van der Waals surface area contributed by atoms with Crippen LogP contribution in [-0.2, 0) is 4.12 Å². The second-order valence-electron chi connectivity index (χ2n) is 9.15. The smallest absolute Gasteiger partial charge is 0.273 e. The van der Waals surface area contributed by atoms with E-state index in [0.29, 0.717) is 6.04 Å². The van der Waals surface area contributed by atoms with Gasteiger partial charge in [0.15, 0.2) is 36.0 Å². The first-order valence-corrected chi connectivity index (χ1v) is 22.2. The van der Waals surface area contributed by atoms with Crippen LogP contribution in [0.1, 0.15) is 47.5 Å². The van der Waals surface area contributed by atoms with Crippen LogP contribution in [0.5, 0.6) is 0 Å². The number of allylic oxidation sites excluding steroid dienone is 2. The van der Waals surface area contributed by atoms with Crippen LogP contribution in [0.4, 0.5) is 0 Å². The molecule has 0 aliphatic carbocycles. The lowest BCUT2D eigenvalue weighted by Gasteiger charge is -2.39. The summed E-state index contributed by atoms with van der Waals surface area (Å²) in [5.41, 5.74) is 7.59. The minimum atomic E-state index is -1.75. The van der Waals surface area contributed by atoms with Gasteiger partial charge in [0.2, 0.25) is 0 Å². The Bertz CT molecular complexity index is 485. The zero-order chi connectivity index (χ0) is 22.0. The van der Waals surface area contributed by atoms with E-state index < -0.39 is 24.1 Å². The van der Waals surface area contributed by atoms with Gasteiger partial charge in [-0.15, -0.1) is 22.2 Å². The standard InChI is InChI=1S/C19H40Cl2NOSi5/c1-10-19(22(24-14-17(2)3)25-15-18(4)5)16-28(8,9)23-27(6,7)13-11-12-26(20)21/h14-15,19H,10-13,16H2,1-9H3. The van der Waals surface area contributed by atoms with Gasteiger partial charge in [-0.25, -0.2) is 0 Å². The lowest BCUT2D eigenvalue weighted by Crippen LogP contribution is -2.50. The van der Waals surface area contributed by atoms with Gasteiger partial charge in [-0.1, -0.05) is 35.9 Å². The zero-order valence-electron chi connectivity index (χ0n) is 19.4. The van der Waals surface area contributed by atoms with E-state index in [2.05, 4.69) is 76.4 Å². The van der Waals surface area contributed by atoms with Crippen LogP contribution in [0.3, 0.4) is 0 Å². The molecule has 1 atom stereocenters. The summed E-state index contributed by atoms with van der Waals surface area (Å²) in [5.74, 6) is 0. The van der Waals surface area contributed by atoms with Crippen molar-refractivity contribution in [3.63, 3.8) is 0 Å². The van der Waals surface area contributed by atoms with Gasteiger partial charge in [0.05, 0.1) is 0 Å². The highest BCUT2D eigenvalue weighted by Crippen LogP contribution is 2.27. The Morgan fingerprint density at radius 1 is 1.00 bits per heavy atom. The van der Waals surface area contributed by atoms with Gasteiger partial charge in [0.25, 0.3) is 7.42 Å². The minimum absolute atomic E-state index is 0.592. The molecule has 0 rings (SSSR count). The third kappa shape index (κ3) is 15.0. The van der Waals surface area contributed by atoms with Crippen molar-refractivity contribution in [2.45, 2.75) is 97.8 Å². The number of halogens is 2. The molecular formula is C19H40Cl2NOSi5. The monoisotopic (exact) mass is 508 g/mol. The van der Waals surface area contributed by atoms with Gasteiger partial charge in [0, 0.05) is 0 Å². The maximum Gasteiger partial charge on any atom is 0.273 e. The highest BCUT2D eigenvalue weighted by Gasteiger charge is 2.35. The molecule has 28 heavy (non-hydrogen) atoms. The number of rotatable bonds is 14. The fourth-order valence-electron chi connectivity index (χ4n) is 3.12. The third-order valence-electron chi connectivity index (χ3n) is 4.25. The van der Waals surface area contributed by atoms with Crippen molar-refractivity contribution in [2.75, 3.05) is 0 Å². The normalized spacial score (nSPS) is 13.8. The molecule has 0 fully saturated rings. The molecule has 0 aliphatic rings. The van der Waals surface area contributed by atoms with Crippen molar-refractivity contribution < 1.29 is 4.12 Å². The van der Waals surface area contributed by atoms with Crippen molar-refractivity contribution in [1.29, 1.82) is 0 Å². The average molecular weight is 510 g/mol. The zero-order valence-corrected chi connectivity index (χ0v) is 25.9. The van der Waals surface area contributed by atoms with Crippen LogP contribution in [0.25, 0.3) is 0 Å². The maximum atomic E-state index is 6.89. The van der Waals surface area contributed by atoms with E-state index in [1.165, 1.54) is 23.6 Å². The molecule has 1 unspecified atom stereocenters. The second-order valence-corrected chi connectivity index (χ2v) is 24.9. The Balaban J connectivity index is 5.10. The summed E-state index contributed by atoms with van der Waals surface area (Å²) in [5, 5.41) is 0. The molecule has 0 amide bonds. The molecule has 0 bridgehead atoms. The molecule has 0 aromatic carbocycles.